The fraction of sp³-hybridized carbons (Fsp3) is 0.722. The highest BCUT2D eigenvalue weighted by atomic mass is 16.2. The minimum atomic E-state index is -0.0170. The highest BCUT2D eigenvalue weighted by molar-refractivity contribution is 5.90. The lowest BCUT2D eigenvalue weighted by Crippen LogP contribution is -2.46. The fourth-order valence-corrected chi connectivity index (χ4v) is 3.10. The van der Waals surface area contributed by atoms with Gasteiger partial charge in [0.2, 0.25) is 5.91 Å². The van der Waals surface area contributed by atoms with E-state index >= 15 is 0 Å². The van der Waals surface area contributed by atoms with Gasteiger partial charge in [0.1, 0.15) is 5.82 Å². The van der Waals surface area contributed by atoms with Gasteiger partial charge in [-0.05, 0) is 38.5 Å². The van der Waals surface area contributed by atoms with Crippen LogP contribution in [-0.4, -0.2) is 46.3 Å². The average molecular weight is 349 g/mol. The van der Waals surface area contributed by atoms with Crippen molar-refractivity contribution in [1.29, 1.82) is 0 Å². The van der Waals surface area contributed by atoms with Crippen molar-refractivity contribution in [3.63, 3.8) is 0 Å². The summed E-state index contributed by atoms with van der Waals surface area (Å²) in [7, 11) is 0. The van der Waals surface area contributed by atoms with Gasteiger partial charge in [0.15, 0.2) is 0 Å². The van der Waals surface area contributed by atoms with Gasteiger partial charge in [0.25, 0.3) is 0 Å². The Morgan fingerprint density at radius 1 is 1.32 bits per heavy atom. The molecule has 1 aliphatic rings. The second kappa shape index (κ2) is 8.87. The van der Waals surface area contributed by atoms with Crippen LogP contribution in [-0.2, 0) is 4.79 Å². The molecule has 2 heterocycles. The summed E-state index contributed by atoms with van der Waals surface area (Å²) in [6.07, 6.45) is 4.04. The molecule has 0 bridgehead atoms. The van der Waals surface area contributed by atoms with Crippen LogP contribution in [0.15, 0.2) is 12.3 Å². The molecule has 1 aliphatic heterocycles. The molecule has 2 N–H and O–H groups in total. The molecule has 0 radical (unpaired) electrons. The van der Waals surface area contributed by atoms with Crippen LogP contribution in [0, 0.1) is 11.8 Å². The van der Waals surface area contributed by atoms with Gasteiger partial charge in [-0.1, -0.05) is 13.8 Å². The van der Waals surface area contributed by atoms with Gasteiger partial charge < -0.3 is 15.5 Å². The van der Waals surface area contributed by atoms with Gasteiger partial charge in [0, 0.05) is 38.2 Å². The van der Waals surface area contributed by atoms with E-state index in [0.29, 0.717) is 25.4 Å². The van der Waals surface area contributed by atoms with Crippen LogP contribution in [0.3, 0.4) is 0 Å². The lowest BCUT2D eigenvalue weighted by Gasteiger charge is -2.32. The molecule has 140 valence electrons. The lowest BCUT2D eigenvalue weighted by atomic mass is 9.94. The number of nitrogens with zero attached hydrogens (tertiary/aromatic N) is 3. The minimum Gasteiger partial charge on any atom is -0.338 e. The van der Waals surface area contributed by atoms with Gasteiger partial charge >= 0.3 is 6.03 Å². The first kappa shape index (κ1) is 19.3. The van der Waals surface area contributed by atoms with E-state index in [1.807, 2.05) is 24.8 Å². The van der Waals surface area contributed by atoms with Gasteiger partial charge in [-0.25, -0.2) is 9.48 Å². The number of anilines is 1. The third kappa shape index (κ3) is 5.76. The normalized spacial score (nSPS) is 17.8. The SMILES string of the molecule is CC(C)CNC(=O)N1CCCC(CC(=O)Nc2ccnn2C(C)C)C1. The molecular weight excluding hydrogens is 318 g/mol. The molecule has 7 heteroatoms. The molecule has 1 aromatic heterocycles. The van der Waals surface area contributed by atoms with E-state index in [2.05, 4.69) is 29.6 Å². The van der Waals surface area contributed by atoms with Crippen LogP contribution in [0.25, 0.3) is 0 Å². The average Bonchev–Trinajstić information content (AvgIpc) is 3.01. The smallest absolute Gasteiger partial charge is 0.317 e. The van der Waals surface area contributed by atoms with Crippen molar-refractivity contribution in [3.8, 4) is 0 Å². The second-order valence-corrected chi connectivity index (χ2v) is 7.54. The highest BCUT2D eigenvalue weighted by Crippen LogP contribution is 2.21. The Kier molecular flexibility index (Phi) is 6.84. The predicted molar refractivity (Wildman–Crippen MR) is 98.4 cm³/mol. The maximum absolute atomic E-state index is 12.4. The largest absolute Gasteiger partial charge is 0.338 e. The first-order chi connectivity index (χ1) is 11.9. The molecule has 1 unspecified atom stereocenters. The van der Waals surface area contributed by atoms with Crippen LogP contribution in [0.2, 0.25) is 0 Å². The quantitative estimate of drug-likeness (QED) is 0.829. The predicted octanol–water partition coefficient (Wildman–Crippen LogP) is 2.87. The van der Waals surface area contributed by atoms with Crippen molar-refractivity contribution >= 4 is 17.8 Å². The molecule has 0 aromatic carbocycles. The molecule has 1 aromatic rings. The summed E-state index contributed by atoms with van der Waals surface area (Å²) < 4.78 is 1.80. The maximum atomic E-state index is 12.4. The van der Waals surface area contributed by atoms with Crippen LogP contribution in [0.5, 0.6) is 0 Å². The van der Waals surface area contributed by atoms with Crippen molar-refractivity contribution in [2.75, 3.05) is 25.0 Å². The molecule has 3 amide bonds. The Balaban J connectivity index is 1.84. The van der Waals surface area contributed by atoms with Crippen molar-refractivity contribution in [1.82, 2.24) is 20.0 Å². The summed E-state index contributed by atoms with van der Waals surface area (Å²) in [4.78, 5) is 26.4. The number of hydrogen-bond acceptors (Lipinski definition) is 3. The van der Waals surface area contributed by atoms with Crippen LogP contribution < -0.4 is 10.6 Å². The van der Waals surface area contributed by atoms with E-state index in [-0.39, 0.29) is 23.9 Å². The molecule has 7 nitrogen and oxygen atoms in total. The van der Waals surface area contributed by atoms with Crippen LogP contribution >= 0.6 is 0 Å². The number of urea groups is 1. The summed E-state index contributed by atoms with van der Waals surface area (Å²) in [6, 6.07) is 1.99. The van der Waals surface area contributed by atoms with Crippen molar-refractivity contribution in [2.24, 2.45) is 11.8 Å². The van der Waals surface area contributed by atoms with E-state index in [0.717, 1.165) is 25.2 Å². The number of carbonyl (C=O) groups excluding carboxylic acids is 2. The molecule has 1 fully saturated rings. The molecule has 0 saturated carbocycles. The standard InChI is InChI=1S/C18H31N5O2/c1-13(2)11-19-18(25)22-9-5-6-15(12-22)10-17(24)21-16-7-8-20-23(16)14(3)4/h7-8,13-15H,5-6,9-12H2,1-4H3,(H,19,25)(H,21,24). The van der Waals surface area contributed by atoms with E-state index in [1.165, 1.54) is 0 Å². The zero-order valence-corrected chi connectivity index (χ0v) is 15.8. The monoisotopic (exact) mass is 349 g/mol. The zero-order valence-electron chi connectivity index (χ0n) is 15.8. The minimum absolute atomic E-state index is 0.0168. The van der Waals surface area contributed by atoms with Crippen molar-refractivity contribution < 1.29 is 9.59 Å². The number of rotatable bonds is 6. The van der Waals surface area contributed by atoms with Crippen LogP contribution in [0.4, 0.5) is 10.6 Å². The van der Waals surface area contributed by atoms with E-state index in [1.54, 1.807) is 10.9 Å². The zero-order chi connectivity index (χ0) is 18.4. The van der Waals surface area contributed by atoms with Crippen molar-refractivity contribution in [2.45, 2.75) is 53.0 Å². The third-order valence-electron chi connectivity index (χ3n) is 4.37. The number of likely N-dealkylation sites (tertiary alicyclic amines) is 1. The van der Waals surface area contributed by atoms with Gasteiger partial charge in [-0.2, -0.15) is 5.10 Å². The van der Waals surface area contributed by atoms with Crippen molar-refractivity contribution in [3.05, 3.63) is 12.3 Å². The number of hydrogen-bond donors (Lipinski definition) is 2. The summed E-state index contributed by atoms with van der Waals surface area (Å²) in [5.74, 6) is 1.34. The van der Waals surface area contributed by atoms with Gasteiger partial charge in [-0.3, -0.25) is 4.79 Å². The van der Waals surface area contributed by atoms with Gasteiger partial charge in [0.05, 0.1) is 6.20 Å². The fourth-order valence-electron chi connectivity index (χ4n) is 3.10. The lowest BCUT2D eigenvalue weighted by molar-refractivity contribution is -0.117. The number of aromatic nitrogens is 2. The Morgan fingerprint density at radius 3 is 2.76 bits per heavy atom. The molecule has 2 rings (SSSR count). The van der Waals surface area contributed by atoms with E-state index in [4.69, 9.17) is 0 Å². The first-order valence-electron chi connectivity index (χ1n) is 9.23. The summed E-state index contributed by atoms with van der Waals surface area (Å²) in [5, 5.41) is 10.1. The number of amides is 3. The Hall–Kier alpha value is -2.05. The highest BCUT2D eigenvalue weighted by Gasteiger charge is 2.25. The number of nitrogens with one attached hydrogen (secondary N) is 2. The van der Waals surface area contributed by atoms with Crippen LogP contribution in [0.1, 0.15) is 53.0 Å². The molecule has 1 atom stereocenters. The van der Waals surface area contributed by atoms with E-state index < -0.39 is 0 Å². The van der Waals surface area contributed by atoms with Gasteiger partial charge in [-0.15, -0.1) is 0 Å². The molecule has 0 aliphatic carbocycles. The Morgan fingerprint density at radius 2 is 2.08 bits per heavy atom. The third-order valence-corrected chi connectivity index (χ3v) is 4.37. The summed E-state index contributed by atoms with van der Waals surface area (Å²) in [5.41, 5.74) is 0. The van der Waals surface area contributed by atoms with E-state index in [9.17, 15) is 9.59 Å². The first-order valence-corrected chi connectivity index (χ1v) is 9.23. The molecule has 1 saturated heterocycles. The number of carbonyl (C=O) groups is 2. The second-order valence-electron chi connectivity index (χ2n) is 7.54. The molecule has 25 heavy (non-hydrogen) atoms. The maximum Gasteiger partial charge on any atom is 0.317 e. The summed E-state index contributed by atoms with van der Waals surface area (Å²) >= 11 is 0. The number of piperidine rings is 1. The Labute approximate surface area is 150 Å². The summed E-state index contributed by atoms with van der Waals surface area (Å²) in [6.45, 7) is 10.3. The topological polar surface area (TPSA) is 79.3 Å². The molecular formula is C18H31N5O2. The Bertz CT molecular complexity index is 582. The molecule has 0 spiro atoms.